The van der Waals surface area contributed by atoms with Crippen LogP contribution in [0.2, 0.25) is 0 Å². The zero-order valence-electron chi connectivity index (χ0n) is 13.4. The molecule has 21 heavy (non-hydrogen) atoms. The van der Waals surface area contributed by atoms with Gasteiger partial charge >= 0.3 is 0 Å². The Kier molecular flexibility index (Phi) is 4.32. The largest absolute Gasteiger partial charge is 0.311 e. The Morgan fingerprint density at radius 3 is 2.76 bits per heavy atom. The highest BCUT2D eigenvalue weighted by Crippen LogP contribution is 2.41. The lowest BCUT2D eigenvalue weighted by atomic mass is 9.98. The minimum absolute atomic E-state index is 0.0204. The molecule has 2 fully saturated rings. The summed E-state index contributed by atoms with van der Waals surface area (Å²) in [6.07, 6.45) is 3.55. The van der Waals surface area contributed by atoms with Crippen LogP contribution in [0.3, 0.4) is 0 Å². The molecule has 1 aromatic carbocycles. The zero-order valence-corrected chi connectivity index (χ0v) is 13.4. The van der Waals surface area contributed by atoms with Gasteiger partial charge in [0.05, 0.1) is 0 Å². The van der Waals surface area contributed by atoms with Gasteiger partial charge < -0.3 is 5.32 Å². The van der Waals surface area contributed by atoms with Crippen LogP contribution in [-0.2, 0) is 0 Å². The van der Waals surface area contributed by atoms with E-state index in [0.29, 0.717) is 18.0 Å². The second-order valence-electron chi connectivity index (χ2n) is 6.80. The predicted octanol–water partition coefficient (Wildman–Crippen LogP) is 3.84. The van der Waals surface area contributed by atoms with E-state index in [0.717, 1.165) is 25.1 Å². The van der Waals surface area contributed by atoms with Gasteiger partial charge in [-0.2, -0.15) is 0 Å². The monoisotopic (exact) mass is 290 g/mol. The molecule has 2 aliphatic rings. The van der Waals surface area contributed by atoms with E-state index in [1.807, 2.05) is 6.07 Å². The van der Waals surface area contributed by atoms with Crippen molar-refractivity contribution in [1.29, 1.82) is 0 Å². The van der Waals surface area contributed by atoms with E-state index in [1.165, 1.54) is 18.4 Å². The topological polar surface area (TPSA) is 15.3 Å². The molecule has 116 valence electrons. The van der Waals surface area contributed by atoms with Crippen molar-refractivity contribution in [3.63, 3.8) is 0 Å². The highest BCUT2D eigenvalue weighted by molar-refractivity contribution is 5.31. The van der Waals surface area contributed by atoms with Crippen LogP contribution in [0.5, 0.6) is 0 Å². The molecule has 0 amide bonds. The van der Waals surface area contributed by atoms with E-state index in [1.54, 1.807) is 6.07 Å². The average molecular weight is 290 g/mol. The Balaban J connectivity index is 1.80. The molecule has 1 saturated heterocycles. The number of rotatable bonds is 4. The smallest absolute Gasteiger partial charge is 0.128 e. The average Bonchev–Trinajstić information content (AvgIpc) is 3.31. The van der Waals surface area contributed by atoms with Gasteiger partial charge in [0, 0.05) is 36.8 Å². The van der Waals surface area contributed by atoms with Crippen molar-refractivity contribution >= 4 is 0 Å². The summed E-state index contributed by atoms with van der Waals surface area (Å²) in [6, 6.07) is 7.05. The van der Waals surface area contributed by atoms with E-state index in [2.05, 4.69) is 37.1 Å². The molecule has 1 saturated carbocycles. The first kappa shape index (κ1) is 15.0. The zero-order chi connectivity index (χ0) is 15.0. The van der Waals surface area contributed by atoms with E-state index < -0.39 is 0 Å². The fourth-order valence-electron chi connectivity index (χ4n) is 3.57. The van der Waals surface area contributed by atoms with Gasteiger partial charge in [-0.15, -0.1) is 0 Å². The minimum atomic E-state index is -0.0204. The molecule has 2 nitrogen and oxygen atoms in total. The second kappa shape index (κ2) is 6.05. The van der Waals surface area contributed by atoms with E-state index >= 15 is 0 Å². The van der Waals surface area contributed by atoms with Crippen molar-refractivity contribution in [2.75, 3.05) is 13.1 Å². The van der Waals surface area contributed by atoms with Crippen molar-refractivity contribution < 1.29 is 4.39 Å². The summed E-state index contributed by atoms with van der Waals surface area (Å²) in [5, 5.41) is 3.53. The third kappa shape index (κ3) is 3.14. The second-order valence-corrected chi connectivity index (χ2v) is 6.80. The minimum Gasteiger partial charge on any atom is -0.311 e. The highest BCUT2D eigenvalue weighted by atomic mass is 19.1. The number of hydrogen-bond acceptors (Lipinski definition) is 2. The lowest BCUT2D eigenvalue weighted by Crippen LogP contribution is -2.55. The third-order valence-corrected chi connectivity index (χ3v) is 5.15. The Labute approximate surface area is 127 Å². The molecule has 0 bridgehead atoms. The number of nitrogens with zero attached hydrogens (tertiary/aromatic N) is 1. The van der Waals surface area contributed by atoms with Gasteiger partial charge in [-0.1, -0.05) is 19.1 Å². The van der Waals surface area contributed by atoms with Crippen LogP contribution < -0.4 is 5.32 Å². The standard InChI is InChI=1S/C18H27FN2/c1-4-16-10-20-12(2)11-21(16)13(3)17-8-7-15(9-18(17)19)14-5-6-14/h7-9,12-14,16,20H,4-6,10-11H2,1-3H3/t12-,13?,16+/m0/s1. The molecule has 3 atom stereocenters. The summed E-state index contributed by atoms with van der Waals surface area (Å²) in [5.41, 5.74) is 2.04. The Morgan fingerprint density at radius 1 is 1.38 bits per heavy atom. The summed E-state index contributed by atoms with van der Waals surface area (Å²) in [6.45, 7) is 8.57. The van der Waals surface area contributed by atoms with Crippen LogP contribution in [0, 0.1) is 5.82 Å². The lowest BCUT2D eigenvalue weighted by Gasteiger charge is -2.42. The maximum atomic E-state index is 14.5. The quantitative estimate of drug-likeness (QED) is 0.906. The summed E-state index contributed by atoms with van der Waals surface area (Å²) < 4.78 is 14.5. The van der Waals surface area contributed by atoms with Crippen LogP contribution in [0.15, 0.2) is 18.2 Å². The number of benzene rings is 1. The normalized spacial score (nSPS) is 28.6. The molecule has 1 heterocycles. The Hall–Kier alpha value is -0.930. The fraction of sp³-hybridized carbons (Fsp3) is 0.667. The fourth-order valence-corrected chi connectivity index (χ4v) is 3.57. The number of piperazine rings is 1. The van der Waals surface area contributed by atoms with Crippen LogP contribution in [-0.4, -0.2) is 30.1 Å². The molecule has 0 aromatic heterocycles. The summed E-state index contributed by atoms with van der Waals surface area (Å²) in [4.78, 5) is 2.47. The number of nitrogens with one attached hydrogen (secondary N) is 1. The van der Waals surface area contributed by atoms with Crippen molar-refractivity contribution in [2.45, 2.75) is 64.1 Å². The molecule has 1 aliphatic carbocycles. The van der Waals surface area contributed by atoms with E-state index in [-0.39, 0.29) is 11.9 Å². The molecule has 1 aromatic rings. The molecule has 0 radical (unpaired) electrons. The van der Waals surface area contributed by atoms with Crippen molar-refractivity contribution in [3.05, 3.63) is 35.1 Å². The van der Waals surface area contributed by atoms with Crippen LogP contribution >= 0.6 is 0 Å². The molecule has 1 aliphatic heterocycles. The van der Waals surface area contributed by atoms with Gasteiger partial charge in [-0.3, -0.25) is 4.90 Å². The van der Waals surface area contributed by atoms with Crippen molar-refractivity contribution in [2.24, 2.45) is 0 Å². The molecular weight excluding hydrogens is 263 g/mol. The first-order chi connectivity index (χ1) is 10.1. The number of hydrogen-bond donors (Lipinski definition) is 1. The number of halogens is 1. The molecule has 3 rings (SSSR count). The van der Waals surface area contributed by atoms with Crippen molar-refractivity contribution in [1.82, 2.24) is 10.2 Å². The van der Waals surface area contributed by atoms with Crippen LogP contribution in [0.4, 0.5) is 4.39 Å². The molecule has 1 unspecified atom stereocenters. The first-order valence-corrected chi connectivity index (χ1v) is 8.38. The van der Waals surface area contributed by atoms with Gasteiger partial charge in [-0.25, -0.2) is 4.39 Å². The van der Waals surface area contributed by atoms with E-state index in [4.69, 9.17) is 0 Å². The van der Waals surface area contributed by atoms with Gasteiger partial charge in [0.2, 0.25) is 0 Å². The van der Waals surface area contributed by atoms with Crippen LogP contribution in [0.1, 0.15) is 63.1 Å². The van der Waals surface area contributed by atoms with Gasteiger partial charge in [-0.05, 0) is 50.7 Å². The lowest BCUT2D eigenvalue weighted by molar-refractivity contribution is 0.0888. The summed E-state index contributed by atoms with van der Waals surface area (Å²) in [7, 11) is 0. The maximum Gasteiger partial charge on any atom is 0.128 e. The molecule has 3 heteroatoms. The highest BCUT2D eigenvalue weighted by Gasteiger charge is 2.31. The van der Waals surface area contributed by atoms with Gasteiger partial charge in [0.1, 0.15) is 5.82 Å². The SMILES string of the molecule is CC[C@@H]1CN[C@@H](C)CN1C(C)c1ccc(C2CC2)cc1F. The molecule has 1 N–H and O–H groups in total. The first-order valence-electron chi connectivity index (χ1n) is 8.38. The third-order valence-electron chi connectivity index (χ3n) is 5.15. The molecule has 0 spiro atoms. The van der Waals surface area contributed by atoms with Crippen molar-refractivity contribution in [3.8, 4) is 0 Å². The maximum absolute atomic E-state index is 14.5. The Bertz CT molecular complexity index is 498. The van der Waals surface area contributed by atoms with Crippen LogP contribution in [0.25, 0.3) is 0 Å². The molecular formula is C18H27FN2. The van der Waals surface area contributed by atoms with Gasteiger partial charge in [0.25, 0.3) is 0 Å². The predicted molar refractivity (Wildman–Crippen MR) is 85.0 cm³/mol. The Morgan fingerprint density at radius 2 is 2.14 bits per heavy atom. The summed E-state index contributed by atoms with van der Waals surface area (Å²) >= 11 is 0. The van der Waals surface area contributed by atoms with Gasteiger partial charge in [0.15, 0.2) is 0 Å². The van der Waals surface area contributed by atoms with E-state index in [9.17, 15) is 4.39 Å². The summed E-state index contributed by atoms with van der Waals surface area (Å²) in [5.74, 6) is 0.597.